The Bertz CT molecular complexity index is 947. The molecule has 4 rings (SSSR count). The van der Waals surface area contributed by atoms with Gasteiger partial charge >= 0.3 is 0 Å². The molecular formula is C21H19NO4. The van der Waals surface area contributed by atoms with Crippen molar-refractivity contribution in [3.05, 3.63) is 46.5 Å². The standard InChI is InChI=1S/C21H19NO4/c1-12(24)15-9-10-17-19-16(8-7-13(11-23)18(15)19)20(25)22(21(17)26)14-5-3-2-4-6-14/h7-11,14H,2-6H2,1H3. The normalized spacial score (nSPS) is 17.7. The van der Waals surface area contributed by atoms with Crippen molar-refractivity contribution in [1.29, 1.82) is 0 Å². The zero-order chi connectivity index (χ0) is 18.4. The Kier molecular flexibility index (Phi) is 3.94. The third kappa shape index (κ3) is 2.30. The maximum absolute atomic E-state index is 13.1. The van der Waals surface area contributed by atoms with Crippen LogP contribution in [0.4, 0.5) is 0 Å². The van der Waals surface area contributed by atoms with Crippen LogP contribution in [0.3, 0.4) is 0 Å². The molecule has 1 fully saturated rings. The first-order valence-electron chi connectivity index (χ1n) is 8.98. The molecule has 0 radical (unpaired) electrons. The summed E-state index contributed by atoms with van der Waals surface area (Å²) in [5.41, 5.74) is 1.48. The molecule has 1 aliphatic carbocycles. The van der Waals surface area contributed by atoms with E-state index in [-0.39, 0.29) is 23.6 Å². The van der Waals surface area contributed by atoms with Crippen molar-refractivity contribution in [1.82, 2.24) is 4.90 Å². The van der Waals surface area contributed by atoms with Crippen LogP contribution in [0.2, 0.25) is 0 Å². The van der Waals surface area contributed by atoms with Gasteiger partial charge in [0.2, 0.25) is 0 Å². The lowest BCUT2D eigenvalue weighted by Crippen LogP contribution is -2.47. The minimum Gasteiger partial charge on any atom is -0.298 e. The third-order valence-corrected chi connectivity index (χ3v) is 5.54. The number of carbonyl (C=O) groups excluding carboxylic acids is 4. The minimum atomic E-state index is -0.322. The number of ketones is 1. The zero-order valence-electron chi connectivity index (χ0n) is 14.6. The van der Waals surface area contributed by atoms with E-state index in [0.717, 1.165) is 32.1 Å². The molecular weight excluding hydrogens is 330 g/mol. The second kappa shape index (κ2) is 6.16. The summed E-state index contributed by atoms with van der Waals surface area (Å²) in [5, 5.41) is 0.844. The zero-order valence-corrected chi connectivity index (χ0v) is 14.6. The van der Waals surface area contributed by atoms with Gasteiger partial charge in [0.25, 0.3) is 11.8 Å². The van der Waals surface area contributed by atoms with Gasteiger partial charge in [-0.1, -0.05) is 25.3 Å². The quantitative estimate of drug-likeness (QED) is 0.480. The van der Waals surface area contributed by atoms with Crippen LogP contribution in [0.5, 0.6) is 0 Å². The minimum absolute atomic E-state index is 0.0785. The number of hydrogen-bond donors (Lipinski definition) is 0. The lowest BCUT2D eigenvalue weighted by atomic mass is 9.85. The maximum Gasteiger partial charge on any atom is 0.261 e. The molecule has 0 bridgehead atoms. The van der Waals surface area contributed by atoms with Gasteiger partial charge in [-0.15, -0.1) is 0 Å². The number of aldehydes is 1. The largest absolute Gasteiger partial charge is 0.298 e. The highest BCUT2D eigenvalue weighted by molar-refractivity contribution is 6.29. The third-order valence-electron chi connectivity index (χ3n) is 5.54. The highest BCUT2D eigenvalue weighted by Gasteiger charge is 2.38. The van der Waals surface area contributed by atoms with Crippen LogP contribution in [0.15, 0.2) is 24.3 Å². The summed E-state index contributed by atoms with van der Waals surface area (Å²) in [5.74, 6) is -0.846. The van der Waals surface area contributed by atoms with Crippen molar-refractivity contribution in [3.8, 4) is 0 Å². The number of hydrogen-bond acceptors (Lipinski definition) is 4. The Hall–Kier alpha value is -2.82. The van der Waals surface area contributed by atoms with Crippen LogP contribution in [0.1, 0.15) is 80.5 Å². The first-order chi connectivity index (χ1) is 12.5. The van der Waals surface area contributed by atoms with E-state index < -0.39 is 0 Å². The summed E-state index contributed by atoms with van der Waals surface area (Å²) in [7, 11) is 0. The number of benzene rings is 2. The van der Waals surface area contributed by atoms with Gasteiger partial charge in [0.1, 0.15) is 0 Å². The summed E-state index contributed by atoms with van der Waals surface area (Å²) in [6.45, 7) is 1.42. The summed E-state index contributed by atoms with van der Waals surface area (Å²) < 4.78 is 0. The van der Waals surface area contributed by atoms with Crippen LogP contribution >= 0.6 is 0 Å². The van der Waals surface area contributed by atoms with Crippen LogP contribution < -0.4 is 0 Å². The van der Waals surface area contributed by atoms with E-state index in [0.29, 0.717) is 39.3 Å². The molecule has 1 heterocycles. The number of rotatable bonds is 3. The SMILES string of the molecule is CC(=O)c1ccc2c3c(ccc(C=O)c13)C(=O)N(C1CCCCC1)C2=O. The number of nitrogens with zero attached hydrogens (tertiary/aromatic N) is 1. The molecule has 2 aromatic carbocycles. The molecule has 0 N–H and O–H groups in total. The van der Waals surface area contributed by atoms with Gasteiger partial charge in [-0.2, -0.15) is 0 Å². The molecule has 2 amide bonds. The number of Topliss-reactive ketones (excluding diaryl/α,β-unsaturated/α-hetero) is 1. The number of carbonyl (C=O) groups is 4. The topological polar surface area (TPSA) is 71.5 Å². The van der Waals surface area contributed by atoms with Crippen molar-refractivity contribution >= 4 is 34.7 Å². The van der Waals surface area contributed by atoms with Gasteiger partial charge in [-0.3, -0.25) is 24.1 Å². The molecule has 1 saturated carbocycles. The van der Waals surface area contributed by atoms with E-state index in [1.165, 1.54) is 11.8 Å². The van der Waals surface area contributed by atoms with E-state index in [2.05, 4.69) is 0 Å². The van der Waals surface area contributed by atoms with Gasteiger partial charge in [0.05, 0.1) is 0 Å². The lowest BCUT2D eigenvalue weighted by molar-refractivity contribution is 0.0502. The van der Waals surface area contributed by atoms with E-state index in [1.807, 2.05) is 0 Å². The van der Waals surface area contributed by atoms with Crippen molar-refractivity contribution in [2.24, 2.45) is 0 Å². The van der Waals surface area contributed by atoms with Crippen LogP contribution in [-0.4, -0.2) is 34.8 Å². The van der Waals surface area contributed by atoms with Gasteiger partial charge < -0.3 is 0 Å². The first-order valence-corrected chi connectivity index (χ1v) is 8.98. The monoisotopic (exact) mass is 349 g/mol. The van der Waals surface area contributed by atoms with E-state index in [1.54, 1.807) is 24.3 Å². The Labute approximate surface area is 151 Å². The number of amides is 2. The molecule has 0 unspecified atom stereocenters. The summed E-state index contributed by atoms with van der Waals surface area (Å²) in [4.78, 5) is 51.2. The van der Waals surface area contributed by atoms with Crippen molar-refractivity contribution in [2.45, 2.75) is 45.1 Å². The van der Waals surface area contributed by atoms with Gasteiger partial charge in [0, 0.05) is 39.1 Å². The van der Waals surface area contributed by atoms with E-state index in [4.69, 9.17) is 0 Å². The predicted molar refractivity (Wildman–Crippen MR) is 96.7 cm³/mol. The highest BCUT2D eigenvalue weighted by Crippen LogP contribution is 2.36. The van der Waals surface area contributed by atoms with Crippen molar-refractivity contribution in [3.63, 3.8) is 0 Å². The average Bonchev–Trinajstić information content (AvgIpc) is 2.66. The summed E-state index contributed by atoms with van der Waals surface area (Å²) in [6, 6.07) is 6.29. The van der Waals surface area contributed by atoms with Crippen LogP contribution in [0, 0.1) is 0 Å². The Balaban J connectivity index is 1.98. The smallest absolute Gasteiger partial charge is 0.261 e. The number of imide groups is 1. The first kappa shape index (κ1) is 16.6. The Morgan fingerprint density at radius 3 is 2.15 bits per heavy atom. The lowest BCUT2D eigenvalue weighted by Gasteiger charge is -2.36. The molecule has 26 heavy (non-hydrogen) atoms. The molecule has 5 heteroatoms. The second-order valence-electron chi connectivity index (χ2n) is 7.06. The molecule has 132 valence electrons. The van der Waals surface area contributed by atoms with Crippen LogP contribution in [0.25, 0.3) is 10.8 Å². The Morgan fingerprint density at radius 1 is 0.962 bits per heavy atom. The maximum atomic E-state index is 13.1. The van der Waals surface area contributed by atoms with Crippen LogP contribution in [-0.2, 0) is 0 Å². The van der Waals surface area contributed by atoms with E-state index >= 15 is 0 Å². The van der Waals surface area contributed by atoms with Crippen molar-refractivity contribution in [2.75, 3.05) is 0 Å². The van der Waals surface area contributed by atoms with E-state index in [9.17, 15) is 19.2 Å². The summed E-state index contributed by atoms with van der Waals surface area (Å²) >= 11 is 0. The fraction of sp³-hybridized carbons (Fsp3) is 0.333. The molecule has 2 aliphatic rings. The van der Waals surface area contributed by atoms with Gasteiger partial charge in [-0.25, -0.2) is 0 Å². The molecule has 0 saturated heterocycles. The molecule has 5 nitrogen and oxygen atoms in total. The van der Waals surface area contributed by atoms with Gasteiger partial charge in [-0.05, 0) is 38.0 Å². The molecule has 0 atom stereocenters. The predicted octanol–water partition coefficient (Wildman–Crippen LogP) is 3.78. The van der Waals surface area contributed by atoms with Crippen molar-refractivity contribution < 1.29 is 19.2 Å². The second-order valence-corrected chi connectivity index (χ2v) is 7.06. The fourth-order valence-electron chi connectivity index (χ4n) is 4.29. The summed E-state index contributed by atoms with van der Waals surface area (Å²) in [6.07, 6.45) is 5.47. The molecule has 2 aromatic rings. The van der Waals surface area contributed by atoms with Gasteiger partial charge in [0.15, 0.2) is 12.1 Å². The average molecular weight is 349 g/mol. The fourth-order valence-corrected chi connectivity index (χ4v) is 4.29. The molecule has 0 aromatic heterocycles. The molecule has 1 aliphatic heterocycles. The highest BCUT2D eigenvalue weighted by atomic mass is 16.2. The molecule has 0 spiro atoms. The Morgan fingerprint density at radius 2 is 1.58 bits per heavy atom.